The van der Waals surface area contributed by atoms with E-state index in [0.29, 0.717) is 28.6 Å². The molecule has 7 nitrogen and oxygen atoms in total. The zero-order valence-corrected chi connectivity index (χ0v) is 15.9. The predicted molar refractivity (Wildman–Crippen MR) is 108 cm³/mol. The molecule has 0 bridgehead atoms. The summed E-state index contributed by atoms with van der Waals surface area (Å²) in [4.78, 5) is 16.7. The van der Waals surface area contributed by atoms with Crippen molar-refractivity contribution in [3.8, 4) is 17.2 Å². The van der Waals surface area contributed by atoms with Crippen LogP contribution in [0.2, 0.25) is 0 Å². The number of pyridine rings is 1. The third-order valence-corrected chi connectivity index (χ3v) is 4.03. The van der Waals surface area contributed by atoms with E-state index in [1.165, 1.54) is 7.11 Å². The maximum atomic E-state index is 12.4. The summed E-state index contributed by atoms with van der Waals surface area (Å²) in [5.41, 5.74) is 2.03. The molecule has 28 heavy (non-hydrogen) atoms. The molecule has 0 spiro atoms. The first-order valence-corrected chi connectivity index (χ1v) is 8.54. The number of amides is 1. The molecule has 2 N–H and O–H groups in total. The van der Waals surface area contributed by atoms with Crippen molar-refractivity contribution in [2.45, 2.75) is 0 Å². The molecule has 0 saturated carbocycles. The van der Waals surface area contributed by atoms with Gasteiger partial charge in [-0.25, -0.2) is 4.98 Å². The topological polar surface area (TPSA) is 81.7 Å². The van der Waals surface area contributed by atoms with Crippen LogP contribution in [0.15, 0.2) is 60.8 Å². The van der Waals surface area contributed by atoms with E-state index in [-0.39, 0.29) is 5.91 Å². The summed E-state index contributed by atoms with van der Waals surface area (Å²) in [7, 11) is 4.70. The molecule has 1 aromatic heterocycles. The number of benzene rings is 2. The molecule has 0 unspecified atom stereocenters. The lowest BCUT2D eigenvalue weighted by Crippen LogP contribution is -2.14. The zero-order chi connectivity index (χ0) is 19.9. The van der Waals surface area contributed by atoms with Gasteiger partial charge in [-0.3, -0.25) is 4.79 Å². The molecule has 1 amide bonds. The Balaban J connectivity index is 1.69. The number of methoxy groups -OCH3 is 3. The lowest BCUT2D eigenvalue weighted by Gasteiger charge is -2.12. The van der Waals surface area contributed by atoms with E-state index in [0.717, 1.165) is 11.4 Å². The molecule has 1 heterocycles. The fourth-order valence-electron chi connectivity index (χ4n) is 2.64. The van der Waals surface area contributed by atoms with Gasteiger partial charge in [-0.1, -0.05) is 12.1 Å². The van der Waals surface area contributed by atoms with Gasteiger partial charge < -0.3 is 24.8 Å². The van der Waals surface area contributed by atoms with Gasteiger partial charge >= 0.3 is 0 Å². The highest BCUT2D eigenvalue weighted by Crippen LogP contribution is 2.31. The molecule has 3 rings (SSSR count). The summed E-state index contributed by atoms with van der Waals surface area (Å²) in [5.74, 6) is 1.94. The second kappa shape index (κ2) is 8.77. The normalized spacial score (nSPS) is 10.1. The van der Waals surface area contributed by atoms with Gasteiger partial charge in [0.15, 0.2) is 11.5 Å². The zero-order valence-electron chi connectivity index (χ0n) is 15.9. The van der Waals surface area contributed by atoms with Gasteiger partial charge in [0.2, 0.25) is 0 Å². The number of aromatic nitrogens is 1. The van der Waals surface area contributed by atoms with Gasteiger partial charge in [0, 0.05) is 11.8 Å². The smallest absolute Gasteiger partial charge is 0.260 e. The molecule has 0 fully saturated rings. The first-order valence-electron chi connectivity index (χ1n) is 8.54. The van der Waals surface area contributed by atoms with Crippen LogP contribution in [0.25, 0.3) is 0 Å². The number of carbonyl (C=O) groups excluding carboxylic acids is 1. The summed E-state index contributed by atoms with van der Waals surface area (Å²) >= 11 is 0. The average Bonchev–Trinajstić information content (AvgIpc) is 2.74. The van der Waals surface area contributed by atoms with Gasteiger partial charge in [0.1, 0.15) is 11.6 Å². The molecule has 0 atom stereocenters. The van der Waals surface area contributed by atoms with Crippen molar-refractivity contribution in [1.29, 1.82) is 0 Å². The van der Waals surface area contributed by atoms with E-state index in [1.807, 2.05) is 30.3 Å². The van der Waals surface area contributed by atoms with Crippen LogP contribution in [0.5, 0.6) is 17.2 Å². The quantitative estimate of drug-likeness (QED) is 0.643. The number of nitrogens with zero attached hydrogens (tertiary/aromatic N) is 1. The van der Waals surface area contributed by atoms with E-state index in [2.05, 4.69) is 15.6 Å². The lowest BCUT2D eigenvalue weighted by atomic mass is 10.2. The molecule has 2 aromatic carbocycles. The average molecular weight is 379 g/mol. The Morgan fingerprint density at radius 1 is 0.821 bits per heavy atom. The molecule has 0 aliphatic heterocycles. The number of nitrogens with one attached hydrogen (secondary N) is 2. The van der Waals surface area contributed by atoms with Gasteiger partial charge in [0.05, 0.1) is 38.8 Å². The van der Waals surface area contributed by atoms with Crippen molar-refractivity contribution in [3.05, 3.63) is 66.4 Å². The second-order valence-corrected chi connectivity index (χ2v) is 5.78. The van der Waals surface area contributed by atoms with Gasteiger partial charge in [0.25, 0.3) is 5.91 Å². The van der Waals surface area contributed by atoms with E-state index in [1.54, 1.807) is 44.7 Å². The van der Waals surface area contributed by atoms with Crippen molar-refractivity contribution in [3.63, 3.8) is 0 Å². The van der Waals surface area contributed by atoms with E-state index in [9.17, 15) is 4.79 Å². The summed E-state index contributed by atoms with van der Waals surface area (Å²) in [6.07, 6.45) is 1.63. The van der Waals surface area contributed by atoms with Crippen LogP contribution in [0.4, 0.5) is 17.2 Å². The fraction of sp³-hybridized carbons (Fsp3) is 0.143. The van der Waals surface area contributed by atoms with Gasteiger partial charge in [-0.15, -0.1) is 0 Å². The van der Waals surface area contributed by atoms with Crippen LogP contribution in [0.3, 0.4) is 0 Å². The molecule has 3 aromatic rings. The Morgan fingerprint density at radius 3 is 2.21 bits per heavy atom. The number of hydrogen-bond acceptors (Lipinski definition) is 6. The van der Waals surface area contributed by atoms with Crippen LogP contribution < -0.4 is 24.8 Å². The number of ether oxygens (including phenoxy) is 3. The minimum atomic E-state index is -0.287. The van der Waals surface area contributed by atoms with Crippen molar-refractivity contribution in [1.82, 2.24) is 4.98 Å². The van der Waals surface area contributed by atoms with Crippen LogP contribution in [0.1, 0.15) is 10.4 Å². The van der Waals surface area contributed by atoms with Crippen LogP contribution in [-0.4, -0.2) is 32.2 Å². The number of anilines is 3. The molecule has 0 radical (unpaired) electrons. The van der Waals surface area contributed by atoms with E-state index >= 15 is 0 Å². The van der Waals surface area contributed by atoms with Gasteiger partial charge in [-0.2, -0.15) is 0 Å². The first kappa shape index (κ1) is 19.0. The summed E-state index contributed by atoms with van der Waals surface area (Å²) in [5, 5.41) is 5.99. The Labute approximate surface area is 163 Å². The predicted octanol–water partition coefficient (Wildman–Crippen LogP) is 4.10. The fourth-order valence-corrected chi connectivity index (χ4v) is 2.64. The van der Waals surface area contributed by atoms with E-state index < -0.39 is 0 Å². The number of carbonyl (C=O) groups is 1. The molecule has 7 heteroatoms. The highest BCUT2D eigenvalue weighted by Gasteiger charge is 2.12. The van der Waals surface area contributed by atoms with E-state index in [4.69, 9.17) is 14.2 Å². The van der Waals surface area contributed by atoms with Crippen LogP contribution >= 0.6 is 0 Å². The first-order chi connectivity index (χ1) is 13.6. The van der Waals surface area contributed by atoms with Crippen LogP contribution in [-0.2, 0) is 0 Å². The molecule has 0 saturated heterocycles. The number of rotatable bonds is 7. The maximum absolute atomic E-state index is 12.4. The third-order valence-electron chi connectivity index (χ3n) is 4.03. The summed E-state index contributed by atoms with van der Waals surface area (Å²) in [6.45, 7) is 0. The Kier molecular flexibility index (Phi) is 5.96. The molecular formula is C21H21N3O4. The summed E-state index contributed by atoms with van der Waals surface area (Å²) < 4.78 is 15.7. The Hall–Kier alpha value is -3.74. The highest BCUT2D eigenvalue weighted by molar-refractivity contribution is 6.05. The molecule has 0 aliphatic carbocycles. The second-order valence-electron chi connectivity index (χ2n) is 5.78. The maximum Gasteiger partial charge on any atom is 0.260 e. The Morgan fingerprint density at radius 2 is 1.54 bits per heavy atom. The monoisotopic (exact) mass is 379 g/mol. The summed E-state index contributed by atoms with van der Waals surface area (Å²) in [6, 6.07) is 16.1. The van der Waals surface area contributed by atoms with Crippen molar-refractivity contribution < 1.29 is 19.0 Å². The van der Waals surface area contributed by atoms with Crippen molar-refractivity contribution >= 4 is 23.1 Å². The molecule has 0 aliphatic rings. The van der Waals surface area contributed by atoms with Crippen molar-refractivity contribution in [2.24, 2.45) is 0 Å². The van der Waals surface area contributed by atoms with Crippen LogP contribution in [0, 0.1) is 0 Å². The lowest BCUT2D eigenvalue weighted by molar-refractivity contribution is 0.102. The number of para-hydroxylation sites is 1. The number of hydrogen-bond donors (Lipinski definition) is 2. The standard InChI is InChI=1S/C21H21N3O4/c1-26-17-7-5-4-6-16(17)21(25)24-20-11-9-15(13-22-20)23-14-8-10-18(27-2)19(12-14)28-3/h4-13,23H,1-3H3,(H,22,24,25). The molecular weight excluding hydrogens is 358 g/mol. The minimum Gasteiger partial charge on any atom is -0.496 e. The van der Waals surface area contributed by atoms with Crippen molar-refractivity contribution in [2.75, 3.05) is 32.0 Å². The SMILES string of the molecule is COc1ccc(Nc2ccc(NC(=O)c3ccccc3OC)nc2)cc1OC. The Bertz CT molecular complexity index is 958. The largest absolute Gasteiger partial charge is 0.496 e. The molecule has 144 valence electrons. The highest BCUT2D eigenvalue weighted by atomic mass is 16.5. The van der Waals surface area contributed by atoms with Gasteiger partial charge in [-0.05, 0) is 36.4 Å². The minimum absolute atomic E-state index is 0.287. The third kappa shape index (κ3) is 4.32.